The Morgan fingerprint density at radius 3 is 2.47 bits per heavy atom. The Balaban J connectivity index is 3.38. The van der Waals surface area contributed by atoms with Gasteiger partial charge in [-0.3, -0.25) is 4.98 Å². The molecule has 1 aromatic rings. The van der Waals surface area contributed by atoms with E-state index in [0.717, 1.165) is 6.20 Å². The molecule has 0 aliphatic rings. The first-order valence-electron chi connectivity index (χ1n) is 3.83. The molecule has 0 saturated heterocycles. The fraction of sp³-hybridized carbons (Fsp3) is 0.222. The minimum Gasteiger partial charge on any atom is -0.250 e. The molecule has 0 aliphatic heterocycles. The molecule has 15 heavy (non-hydrogen) atoms. The van der Waals surface area contributed by atoms with Gasteiger partial charge in [-0.25, -0.2) is 0 Å². The maximum atomic E-state index is 12.4. The van der Waals surface area contributed by atoms with Crippen LogP contribution in [0.4, 0.5) is 13.2 Å². The fourth-order valence-corrected chi connectivity index (χ4v) is 1.07. The summed E-state index contributed by atoms with van der Waals surface area (Å²) in [6.07, 6.45) is -3.97. The van der Waals surface area contributed by atoms with Crippen molar-refractivity contribution in [1.29, 1.82) is 10.5 Å². The first kappa shape index (κ1) is 11.0. The lowest BCUT2D eigenvalue weighted by molar-refractivity contribution is -0.141. The highest BCUT2D eigenvalue weighted by Gasteiger charge is 2.36. The van der Waals surface area contributed by atoms with Crippen LogP contribution in [-0.2, 0) is 12.6 Å². The predicted molar refractivity (Wildman–Crippen MR) is 43.3 cm³/mol. The van der Waals surface area contributed by atoms with E-state index in [1.165, 1.54) is 12.1 Å². The topological polar surface area (TPSA) is 60.5 Å². The number of halogens is 3. The summed E-state index contributed by atoms with van der Waals surface area (Å²) in [5, 5.41) is 17.0. The Hall–Kier alpha value is -2.08. The van der Waals surface area contributed by atoms with Crippen molar-refractivity contribution in [3.05, 3.63) is 29.1 Å². The standard InChI is InChI=1S/C9H4F3N3/c10-9(11,12)8-7(5-14)6(1-3-13)2-4-15-8/h2,4H,1H2. The average molecular weight is 211 g/mol. The van der Waals surface area contributed by atoms with Crippen LogP contribution < -0.4 is 0 Å². The van der Waals surface area contributed by atoms with Crippen molar-refractivity contribution in [3.8, 4) is 12.1 Å². The highest BCUT2D eigenvalue weighted by atomic mass is 19.4. The van der Waals surface area contributed by atoms with Crippen molar-refractivity contribution < 1.29 is 13.2 Å². The second-order valence-corrected chi connectivity index (χ2v) is 2.64. The van der Waals surface area contributed by atoms with E-state index in [1.54, 1.807) is 6.07 Å². The number of nitrogens with zero attached hydrogens (tertiary/aromatic N) is 3. The fourth-order valence-electron chi connectivity index (χ4n) is 1.07. The SMILES string of the molecule is N#CCc1ccnc(C(F)(F)F)c1C#N. The van der Waals surface area contributed by atoms with Gasteiger partial charge in [0, 0.05) is 6.20 Å². The zero-order valence-electron chi connectivity index (χ0n) is 7.34. The van der Waals surface area contributed by atoms with Gasteiger partial charge in [-0.2, -0.15) is 23.7 Å². The Morgan fingerprint density at radius 2 is 2.00 bits per heavy atom. The van der Waals surface area contributed by atoms with Crippen LogP contribution >= 0.6 is 0 Å². The quantitative estimate of drug-likeness (QED) is 0.714. The largest absolute Gasteiger partial charge is 0.434 e. The van der Waals surface area contributed by atoms with Gasteiger partial charge in [-0.15, -0.1) is 0 Å². The Kier molecular flexibility index (Phi) is 2.91. The third-order valence-corrected chi connectivity index (χ3v) is 1.69. The Bertz CT molecular complexity index is 451. The zero-order chi connectivity index (χ0) is 11.5. The summed E-state index contributed by atoms with van der Waals surface area (Å²) in [6.45, 7) is 0. The monoisotopic (exact) mass is 211 g/mol. The first-order valence-corrected chi connectivity index (χ1v) is 3.83. The average Bonchev–Trinajstić information content (AvgIpc) is 2.16. The molecule has 0 amide bonds. The van der Waals surface area contributed by atoms with Crippen LogP contribution in [0.15, 0.2) is 12.3 Å². The van der Waals surface area contributed by atoms with Gasteiger partial charge in [0.25, 0.3) is 0 Å². The van der Waals surface area contributed by atoms with Gasteiger partial charge >= 0.3 is 6.18 Å². The zero-order valence-corrected chi connectivity index (χ0v) is 7.34. The van der Waals surface area contributed by atoms with Gasteiger partial charge < -0.3 is 0 Å². The summed E-state index contributed by atoms with van der Waals surface area (Å²) in [6, 6.07) is 4.35. The molecular weight excluding hydrogens is 207 g/mol. The van der Waals surface area contributed by atoms with Crippen molar-refractivity contribution in [2.45, 2.75) is 12.6 Å². The van der Waals surface area contributed by atoms with E-state index in [1.807, 2.05) is 0 Å². The molecule has 1 heterocycles. The summed E-state index contributed by atoms with van der Waals surface area (Å²) >= 11 is 0. The third-order valence-electron chi connectivity index (χ3n) is 1.69. The molecule has 0 N–H and O–H groups in total. The maximum absolute atomic E-state index is 12.4. The van der Waals surface area contributed by atoms with Crippen LogP contribution in [0.3, 0.4) is 0 Å². The molecule has 3 nitrogen and oxygen atoms in total. The molecule has 0 fully saturated rings. The highest BCUT2D eigenvalue weighted by molar-refractivity contribution is 5.43. The molecule has 0 saturated carbocycles. The molecule has 76 valence electrons. The maximum Gasteiger partial charge on any atom is 0.434 e. The minimum absolute atomic E-state index is 0.0438. The van der Waals surface area contributed by atoms with E-state index < -0.39 is 17.4 Å². The van der Waals surface area contributed by atoms with Crippen LogP contribution in [0.5, 0.6) is 0 Å². The molecule has 0 unspecified atom stereocenters. The van der Waals surface area contributed by atoms with Gasteiger partial charge in [0.2, 0.25) is 0 Å². The minimum atomic E-state index is -4.67. The van der Waals surface area contributed by atoms with E-state index in [4.69, 9.17) is 10.5 Å². The second-order valence-electron chi connectivity index (χ2n) is 2.64. The molecular formula is C9H4F3N3. The Labute approximate surface area is 83.4 Å². The van der Waals surface area contributed by atoms with Crippen LogP contribution in [0.2, 0.25) is 0 Å². The summed E-state index contributed by atoms with van der Waals surface area (Å²) in [7, 11) is 0. The molecule has 0 spiro atoms. The third kappa shape index (κ3) is 2.23. The normalized spacial score (nSPS) is 10.5. The number of hydrogen-bond acceptors (Lipinski definition) is 3. The molecule has 1 aromatic heterocycles. The molecule has 6 heteroatoms. The molecule has 0 radical (unpaired) electrons. The number of rotatable bonds is 1. The summed E-state index contributed by atoms with van der Waals surface area (Å²) in [4.78, 5) is 3.11. The second kappa shape index (κ2) is 3.97. The van der Waals surface area contributed by atoms with E-state index in [9.17, 15) is 13.2 Å². The van der Waals surface area contributed by atoms with Crippen LogP contribution in [-0.4, -0.2) is 4.98 Å². The van der Waals surface area contributed by atoms with E-state index >= 15 is 0 Å². The van der Waals surface area contributed by atoms with E-state index in [2.05, 4.69) is 4.98 Å². The lowest BCUT2D eigenvalue weighted by atomic mass is 10.1. The lowest BCUT2D eigenvalue weighted by Crippen LogP contribution is -2.12. The van der Waals surface area contributed by atoms with Gasteiger partial charge in [0.05, 0.1) is 18.1 Å². The molecule has 0 bridgehead atoms. The van der Waals surface area contributed by atoms with Crippen molar-refractivity contribution in [1.82, 2.24) is 4.98 Å². The lowest BCUT2D eigenvalue weighted by Gasteiger charge is -2.08. The van der Waals surface area contributed by atoms with Gasteiger partial charge in [0.15, 0.2) is 5.69 Å². The number of nitriles is 2. The van der Waals surface area contributed by atoms with Crippen LogP contribution in [0.1, 0.15) is 16.8 Å². The summed E-state index contributed by atoms with van der Waals surface area (Å²) in [5.74, 6) is 0. The number of aromatic nitrogens is 1. The van der Waals surface area contributed by atoms with E-state index in [-0.39, 0.29) is 12.0 Å². The molecule has 0 aliphatic carbocycles. The molecule has 0 aromatic carbocycles. The first-order chi connectivity index (χ1) is 7.00. The van der Waals surface area contributed by atoms with Crippen molar-refractivity contribution in [2.24, 2.45) is 0 Å². The predicted octanol–water partition coefficient (Wildman–Crippen LogP) is 2.04. The number of alkyl halides is 3. The van der Waals surface area contributed by atoms with Crippen LogP contribution in [0.25, 0.3) is 0 Å². The van der Waals surface area contributed by atoms with Gasteiger partial charge in [-0.1, -0.05) is 0 Å². The molecule has 1 rings (SSSR count). The molecule has 0 atom stereocenters. The van der Waals surface area contributed by atoms with Gasteiger partial charge in [-0.05, 0) is 11.6 Å². The number of hydrogen-bond donors (Lipinski definition) is 0. The van der Waals surface area contributed by atoms with Crippen molar-refractivity contribution in [2.75, 3.05) is 0 Å². The summed E-state index contributed by atoms with van der Waals surface area (Å²) < 4.78 is 37.1. The van der Waals surface area contributed by atoms with Crippen LogP contribution in [0, 0.1) is 22.7 Å². The van der Waals surface area contributed by atoms with Gasteiger partial charge in [0.1, 0.15) is 6.07 Å². The Morgan fingerprint density at radius 1 is 1.33 bits per heavy atom. The smallest absolute Gasteiger partial charge is 0.250 e. The number of pyridine rings is 1. The summed E-state index contributed by atoms with van der Waals surface area (Å²) in [5.41, 5.74) is -1.77. The van der Waals surface area contributed by atoms with E-state index in [0.29, 0.717) is 0 Å². The van der Waals surface area contributed by atoms with Crippen molar-refractivity contribution in [3.63, 3.8) is 0 Å². The highest BCUT2D eigenvalue weighted by Crippen LogP contribution is 2.31. The van der Waals surface area contributed by atoms with Crippen molar-refractivity contribution >= 4 is 0 Å².